The second-order valence-corrected chi connectivity index (χ2v) is 5.38. The Bertz CT molecular complexity index is 545. The van der Waals surface area contributed by atoms with Crippen LogP contribution in [0.25, 0.3) is 0 Å². The molecule has 1 aliphatic heterocycles. The number of amides is 1. The number of carbonyl (C=O) groups excluding carboxylic acids is 1. The van der Waals surface area contributed by atoms with Crippen LogP contribution < -0.4 is 10.6 Å². The van der Waals surface area contributed by atoms with Crippen molar-refractivity contribution in [2.75, 3.05) is 11.4 Å². The predicted molar refractivity (Wildman–Crippen MR) is 81.1 cm³/mol. The lowest BCUT2D eigenvalue weighted by Gasteiger charge is -2.17. The van der Waals surface area contributed by atoms with Gasteiger partial charge >= 0.3 is 0 Å². The first-order valence-corrected chi connectivity index (χ1v) is 7.41. The van der Waals surface area contributed by atoms with Gasteiger partial charge in [0.25, 0.3) is 5.69 Å². The van der Waals surface area contributed by atoms with Crippen molar-refractivity contribution >= 4 is 17.3 Å². The van der Waals surface area contributed by atoms with Crippen molar-refractivity contribution in [3.63, 3.8) is 0 Å². The number of hydrogen-bond acceptors (Lipinski definition) is 4. The molecule has 114 valence electrons. The highest BCUT2D eigenvalue weighted by molar-refractivity contribution is 6.04. The average molecular weight is 291 g/mol. The minimum Gasteiger partial charge on any atom is -0.316 e. The van der Waals surface area contributed by atoms with Crippen LogP contribution in [0.3, 0.4) is 0 Å². The highest BCUT2D eigenvalue weighted by Crippen LogP contribution is 2.37. The Morgan fingerprint density at radius 2 is 2.00 bits per heavy atom. The molecule has 21 heavy (non-hydrogen) atoms. The van der Waals surface area contributed by atoms with Gasteiger partial charge in [-0.05, 0) is 12.5 Å². The number of hydrogen-bond donors (Lipinski definition) is 1. The summed E-state index contributed by atoms with van der Waals surface area (Å²) in [6.07, 6.45) is 5.55. The van der Waals surface area contributed by atoms with E-state index < -0.39 is 11.0 Å². The average Bonchev–Trinajstić information content (AvgIpc) is 2.71. The molecule has 6 heteroatoms. The lowest BCUT2D eigenvalue weighted by molar-refractivity contribution is -0.384. The van der Waals surface area contributed by atoms with E-state index in [1.54, 1.807) is 11.0 Å². The molecule has 1 unspecified atom stereocenters. The molecule has 0 bridgehead atoms. The van der Waals surface area contributed by atoms with Gasteiger partial charge in [-0.25, -0.2) is 0 Å². The number of nitro groups is 1. The number of non-ortho nitro benzene ring substituents is 1. The first kappa shape index (κ1) is 15.4. The summed E-state index contributed by atoms with van der Waals surface area (Å²) >= 11 is 0. The minimum absolute atomic E-state index is 0.0261. The molecule has 2 rings (SSSR count). The lowest BCUT2D eigenvalue weighted by atomic mass is 10.1. The summed E-state index contributed by atoms with van der Waals surface area (Å²) in [6.45, 7) is 2.78. The van der Waals surface area contributed by atoms with Gasteiger partial charge in [0.15, 0.2) is 0 Å². The number of anilines is 1. The third kappa shape index (κ3) is 3.21. The normalized spacial score (nSPS) is 17.1. The van der Waals surface area contributed by atoms with E-state index in [0.717, 1.165) is 19.3 Å². The van der Waals surface area contributed by atoms with Crippen LogP contribution in [0.5, 0.6) is 0 Å². The number of nitrogens with zero attached hydrogens (tertiary/aromatic N) is 2. The first-order valence-electron chi connectivity index (χ1n) is 7.41. The summed E-state index contributed by atoms with van der Waals surface area (Å²) in [7, 11) is 0. The fourth-order valence-corrected chi connectivity index (χ4v) is 2.67. The molecule has 6 nitrogen and oxygen atoms in total. The van der Waals surface area contributed by atoms with E-state index in [-0.39, 0.29) is 11.6 Å². The van der Waals surface area contributed by atoms with Crippen molar-refractivity contribution in [3.8, 4) is 0 Å². The van der Waals surface area contributed by atoms with Gasteiger partial charge in [0.2, 0.25) is 5.91 Å². The fourth-order valence-electron chi connectivity index (χ4n) is 2.67. The van der Waals surface area contributed by atoms with Crippen LogP contribution in [0.15, 0.2) is 18.2 Å². The molecule has 0 radical (unpaired) electrons. The van der Waals surface area contributed by atoms with E-state index in [9.17, 15) is 14.9 Å². The number of rotatable bonds is 7. The van der Waals surface area contributed by atoms with Gasteiger partial charge in [-0.15, -0.1) is 0 Å². The number of carbonyl (C=O) groups is 1. The van der Waals surface area contributed by atoms with E-state index in [4.69, 9.17) is 5.73 Å². The quantitative estimate of drug-likeness (QED) is 0.475. The van der Waals surface area contributed by atoms with Gasteiger partial charge in [0, 0.05) is 29.9 Å². The van der Waals surface area contributed by atoms with Crippen molar-refractivity contribution in [1.29, 1.82) is 0 Å². The Morgan fingerprint density at radius 1 is 1.29 bits per heavy atom. The number of nitro benzene ring substituents is 1. The molecule has 1 heterocycles. The number of fused-ring (bicyclic) bond motifs is 1. The summed E-state index contributed by atoms with van der Waals surface area (Å²) in [6, 6.07) is 3.68. The Labute approximate surface area is 124 Å². The van der Waals surface area contributed by atoms with E-state index in [0.29, 0.717) is 17.8 Å². The Morgan fingerprint density at radius 3 is 2.67 bits per heavy atom. The van der Waals surface area contributed by atoms with Crippen LogP contribution in [0.1, 0.15) is 50.6 Å². The van der Waals surface area contributed by atoms with Crippen LogP contribution in [0.2, 0.25) is 0 Å². The van der Waals surface area contributed by atoms with E-state index in [1.807, 2.05) is 0 Å². The van der Waals surface area contributed by atoms with Crippen molar-refractivity contribution in [1.82, 2.24) is 0 Å². The van der Waals surface area contributed by atoms with Gasteiger partial charge in [-0.2, -0.15) is 0 Å². The third-order valence-corrected chi connectivity index (χ3v) is 3.87. The van der Waals surface area contributed by atoms with Crippen molar-refractivity contribution in [2.45, 2.75) is 45.1 Å². The maximum atomic E-state index is 12.2. The van der Waals surface area contributed by atoms with Crippen LogP contribution in [-0.2, 0) is 4.79 Å². The molecule has 1 aromatic carbocycles. The summed E-state index contributed by atoms with van der Waals surface area (Å²) in [5.74, 6) is -0.166. The highest BCUT2D eigenvalue weighted by Gasteiger charge is 2.35. The molecule has 0 saturated carbocycles. The van der Waals surface area contributed by atoms with Crippen LogP contribution in [0, 0.1) is 10.1 Å². The van der Waals surface area contributed by atoms with Crippen LogP contribution in [-0.4, -0.2) is 17.4 Å². The molecule has 0 spiro atoms. The maximum absolute atomic E-state index is 12.2. The van der Waals surface area contributed by atoms with E-state index in [1.165, 1.54) is 25.0 Å². The molecule has 1 amide bonds. The molecular weight excluding hydrogens is 270 g/mol. The number of unbranched alkanes of at least 4 members (excludes halogenated alkanes) is 4. The predicted octanol–water partition coefficient (Wildman–Crippen LogP) is 2.91. The zero-order valence-corrected chi connectivity index (χ0v) is 12.2. The van der Waals surface area contributed by atoms with Crippen molar-refractivity contribution < 1.29 is 9.72 Å². The van der Waals surface area contributed by atoms with E-state index >= 15 is 0 Å². The Hall–Kier alpha value is -1.95. The maximum Gasteiger partial charge on any atom is 0.269 e. The zero-order chi connectivity index (χ0) is 15.4. The minimum atomic E-state index is -0.782. The lowest BCUT2D eigenvalue weighted by Crippen LogP contribution is -2.32. The SMILES string of the molecule is CCCCCCCN1C(=O)C(N)c2cc([N+](=O)[O-])ccc21. The summed E-state index contributed by atoms with van der Waals surface area (Å²) in [4.78, 5) is 24.2. The summed E-state index contributed by atoms with van der Waals surface area (Å²) < 4.78 is 0. The van der Waals surface area contributed by atoms with Crippen molar-refractivity contribution in [3.05, 3.63) is 33.9 Å². The second kappa shape index (κ2) is 6.67. The van der Waals surface area contributed by atoms with Gasteiger partial charge in [0.1, 0.15) is 6.04 Å². The first-order chi connectivity index (χ1) is 10.1. The molecule has 0 fully saturated rings. The second-order valence-electron chi connectivity index (χ2n) is 5.38. The summed E-state index contributed by atoms with van der Waals surface area (Å²) in [5, 5.41) is 10.8. The van der Waals surface area contributed by atoms with Gasteiger partial charge in [-0.1, -0.05) is 32.6 Å². The molecule has 0 saturated heterocycles. The van der Waals surface area contributed by atoms with Gasteiger partial charge in [-0.3, -0.25) is 14.9 Å². The van der Waals surface area contributed by atoms with Gasteiger partial charge in [0.05, 0.1) is 4.92 Å². The highest BCUT2D eigenvalue weighted by atomic mass is 16.6. The zero-order valence-electron chi connectivity index (χ0n) is 12.2. The molecule has 0 aromatic heterocycles. The van der Waals surface area contributed by atoms with Crippen LogP contribution in [0.4, 0.5) is 11.4 Å². The smallest absolute Gasteiger partial charge is 0.269 e. The third-order valence-electron chi connectivity index (χ3n) is 3.87. The number of benzene rings is 1. The molecule has 2 N–H and O–H groups in total. The Balaban J connectivity index is 2.08. The standard InChI is InChI=1S/C15H21N3O3/c1-2-3-4-5-6-9-17-13-8-7-11(18(20)21)10-12(13)14(16)15(17)19/h7-8,10,14H,2-6,9,16H2,1H3. The molecular formula is C15H21N3O3. The molecule has 1 atom stereocenters. The Kier molecular flexibility index (Phi) is 4.90. The van der Waals surface area contributed by atoms with Gasteiger partial charge < -0.3 is 10.6 Å². The topological polar surface area (TPSA) is 89.5 Å². The molecule has 1 aliphatic rings. The largest absolute Gasteiger partial charge is 0.316 e. The van der Waals surface area contributed by atoms with Crippen LogP contribution >= 0.6 is 0 Å². The summed E-state index contributed by atoms with van der Waals surface area (Å²) in [5.41, 5.74) is 7.14. The fraction of sp³-hybridized carbons (Fsp3) is 0.533. The monoisotopic (exact) mass is 291 g/mol. The van der Waals surface area contributed by atoms with Crippen molar-refractivity contribution in [2.24, 2.45) is 5.73 Å². The number of nitrogens with two attached hydrogens (primary N) is 1. The van der Waals surface area contributed by atoms with E-state index in [2.05, 4.69) is 6.92 Å². The molecule has 0 aliphatic carbocycles. The molecule has 1 aromatic rings.